The lowest BCUT2D eigenvalue weighted by molar-refractivity contribution is -0.114. The number of unbranched alkanes of at least 4 members (excludes halogenated alkanes) is 3. The van der Waals surface area contributed by atoms with Crippen molar-refractivity contribution in [3.05, 3.63) is 29.8 Å². The summed E-state index contributed by atoms with van der Waals surface area (Å²) in [6, 6.07) is 5.57. The van der Waals surface area contributed by atoms with Gasteiger partial charge in [0.2, 0.25) is 0 Å². The molecule has 0 spiro atoms. The molecule has 1 aromatic carbocycles. The average Bonchev–Trinajstić information content (AvgIpc) is 2.49. The molecule has 0 saturated carbocycles. The largest absolute Gasteiger partial charge is 0.497 e. The first-order valence-corrected chi connectivity index (χ1v) is 7.13. The van der Waals surface area contributed by atoms with Crippen molar-refractivity contribution in [1.29, 1.82) is 0 Å². The number of carbonyl (C=O) groups excluding carboxylic acids is 1. The molecule has 3 nitrogen and oxygen atoms in total. The third-order valence-corrected chi connectivity index (χ3v) is 3.11. The van der Waals surface area contributed by atoms with E-state index in [0.717, 1.165) is 29.9 Å². The van der Waals surface area contributed by atoms with E-state index in [1.54, 1.807) is 20.3 Å². The number of benzene rings is 1. The van der Waals surface area contributed by atoms with Gasteiger partial charge in [0.1, 0.15) is 11.5 Å². The Balaban J connectivity index is 2.58. The maximum atomic E-state index is 11.7. The summed E-state index contributed by atoms with van der Waals surface area (Å²) in [5.41, 5.74) is 0.906. The lowest BCUT2D eigenvalue weighted by Crippen LogP contribution is -1.92. The maximum Gasteiger partial charge on any atom is 0.155 e. The molecule has 0 heterocycles. The van der Waals surface area contributed by atoms with Crippen LogP contribution in [0, 0.1) is 0 Å². The highest BCUT2D eigenvalue weighted by atomic mass is 16.5. The zero-order valence-corrected chi connectivity index (χ0v) is 12.6. The molecule has 0 saturated heterocycles. The molecule has 0 fully saturated rings. The van der Waals surface area contributed by atoms with E-state index < -0.39 is 0 Å². The summed E-state index contributed by atoms with van der Waals surface area (Å²) >= 11 is 0. The fourth-order valence-corrected chi connectivity index (χ4v) is 1.92. The van der Waals surface area contributed by atoms with Crippen molar-refractivity contribution >= 4 is 11.9 Å². The molecule has 0 aliphatic heterocycles. The van der Waals surface area contributed by atoms with Crippen molar-refractivity contribution in [2.24, 2.45) is 0 Å². The third kappa shape index (κ3) is 5.91. The summed E-state index contributed by atoms with van der Waals surface area (Å²) in [6.45, 7) is 2.16. The highest BCUT2D eigenvalue weighted by Gasteiger charge is 2.01. The molecule has 1 rings (SSSR count). The molecule has 0 N–H and O–H groups in total. The molecular formula is C17H24O3. The van der Waals surface area contributed by atoms with Crippen LogP contribution in [0.3, 0.4) is 0 Å². The second-order valence-corrected chi connectivity index (χ2v) is 4.76. The van der Waals surface area contributed by atoms with E-state index in [4.69, 9.17) is 9.47 Å². The topological polar surface area (TPSA) is 35.5 Å². The number of allylic oxidation sites excluding steroid dienone is 1. The Hall–Kier alpha value is -1.77. The van der Waals surface area contributed by atoms with Crippen LogP contribution < -0.4 is 9.47 Å². The Kier molecular flexibility index (Phi) is 7.48. The van der Waals surface area contributed by atoms with Gasteiger partial charge in [0.25, 0.3) is 0 Å². The lowest BCUT2D eigenvalue weighted by Gasteiger charge is -2.05. The number of carbonyl (C=O) groups is 1. The van der Waals surface area contributed by atoms with Crippen LogP contribution in [-0.4, -0.2) is 20.0 Å². The molecule has 20 heavy (non-hydrogen) atoms. The van der Waals surface area contributed by atoms with Gasteiger partial charge in [-0.1, -0.05) is 32.3 Å². The van der Waals surface area contributed by atoms with Gasteiger partial charge in [-0.05, 0) is 30.2 Å². The second kappa shape index (κ2) is 9.18. The molecule has 0 aliphatic rings. The molecular weight excluding hydrogens is 252 g/mol. The number of rotatable bonds is 9. The first-order valence-electron chi connectivity index (χ1n) is 7.13. The van der Waals surface area contributed by atoms with Crippen LogP contribution in [0.5, 0.6) is 11.5 Å². The third-order valence-electron chi connectivity index (χ3n) is 3.11. The van der Waals surface area contributed by atoms with E-state index in [1.807, 2.05) is 24.3 Å². The molecule has 0 aromatic heterocycles. The summed E-state index contributed by atoms with van der Waals surface area (Å²) in [5, 5.41) is 0. The smallest absolute Gasteiger partial charge is 0.155 e. The fourth-order valence-electron chi connectivity index (χ4n) is 1.92. The van der Waals surface area contributed by atoms with Crippen LogP contribution >= 0.6 is 0 Å². The minimum absolute atomic E-state index is 0.169. The number of ether oxygens (including phenoxy) is 2. The van der Waals surface area contributed by atoms with Crippen molar-refractivity contribution in [3.63, 3.8) is 0 Å². The Morgan fingerprint density at radius 2 is 1.70 bits per heavy atom. The SMILES string of the molecule is CCCCCCC(=O)/C=C/c1cc(OC)cc(OC)c1. The van der Waals surface area contributed by atoms with Gasteiger partial charge in [-0.25, -0.2) is 0 Å². The van der Waals surface area contributed by atoms with E-state index in [2.05, 4.69) is 6.92 Å². The second-order valence-electron chi connectivity index (χ2n) is 4.76. The summed E-state index contributed by atoms with van der Waals surface area (Å²) < 4.78 is 10.4. The number of ketones is 1. The van der Waals surface area contributed by atoms with Crippen LogP contribution in [-0.2, 0) is 4.79 Å². The molecule has 1 aromatic rings. The van der Waals surface area contributed by atoms with E-state index in [1.165, 1.54) is 12.8 Å². The predicted octanol–water partition coefficient (Wildman–Crippen LogP) is 4.26. The summed E-state index contributed by atoms with van der Waals surface area (Å²) in [5.74, 6) is 1.61. The molecule has 0 bridgehead atoms. The van der Waals surface area contributed by atoms with E-state index in [0.29, 0.717) is 6.42 Å². The maximum absolute atomic E-state index is 11.7. The van der Waals surface area contributed by atoms with Crippen LogP contribution in [0.4, 0.5) is 0 Å². The minimum Gasteiger partial charge on any atom is -0.497 e. The van der Waals surface area contributed by atoms with Crippen LogP contribution in [0.2, 0.25) is 0 Å². The minimum atomic E-state index is 0.169. The number of methoxy groups -OCH3 is 2. The van der Waals surface area contributed by atoms with Gasteiger partial charge < -0.3 is 9.47 Å². The molecule has 0 amide bonds. The Morgan fingerprint density at radius 1 is 1.05 bits per heavy atom. The molecule has 0 radical (unpaired) electrons. The van der Waals surface area contributed by atoms with E-state index in [9.17, 15) is 4.79 Å². The van der Waals surface area contributed by atoms with Crippen LogP contribution in [0.1, 0.15) is 44.6 Å². The molecule has 0 unspecified atom stereocenters. The monoisotopic (exact) mass is 276 g/mol. The van der Waals surface area contributed by atoms with Gasteiger partial charge in [0.15, 0.2) is 5.78 Å². The van der Waals surface area contributed by atoms with Crippen molar-refractivity contribution in [2.75, 3.05) is 14.2 Å². The zero-order chi connectivity index (χ0) is 14.8. The molecule has 0 aliphatic carbocycles. The van der Waals surface area contributed by atoms with Crippen LogP contribution in [0.15, 0.2) is 24.3 Å². The van der Waals surface area contributed by atoms with Crippen molar-refractivity contribution in [2.45, 2.75) is 39.0 Å². The zero-order valence-electron chi connectivity index (χ0n) is 12.6. The number of hydrogen-bond acceptors (Lipinski definition) is 3. The van der Waals surface area contributed by atoms with E-state index in [-0.39, 0.29) is 5.78 Å². The summed E-state index contributed by atoms with van der Waals surface area (Å²) in [4.78, 5) is 11.7. The van der Waals surface area contributed by atoms with Crippen LogP contribution in [0.25, 0.3) is 6.08 Å². The average molecular weight is 276 g/mol. The standard InChI is InChI=1S/C17H24O3/c1-4-5-6-7-8-15(18)10-9-14-11-16(19-2)13-17(12-14)20-3/h9-13H,4-8H2,1-3H3/b10-9+. The lowest BCUT2D eigenvalue weighted by atomic mass is 10.1. The van der Waals surface area contributed by atoms with Gasteiger partial charge in [0.05, 0.1) is 14.2 Å². The summed E-state index contributed by atoms with van der Waals surface area (Å²) in [6.07, 6.45) is 8.56. The van der Waals surface area contributed by atoms with Crippen molar-refractivity contribution in [1.82, 2.24) is 0 Å². The quantitative estimate of drug-likeness (QED) is 0.499. The molecule has 110 valence electrons. The fraction of sp³-hybridized carbons (Fsp3) is 0.471. The Morgan fingerprint density at radius 3 is 2.25 bits per heavy atom. The molecule has 0 atom stereocenters. The Bertz CT molecular complexity index is 427. The van der Waals surface area contributed by atoms with E-state index >= 15 is 0 Å². The first kappa shape index (κ1) is 16.3. The van der Waals surface area contributed by atoms with Crippen molar-refractivity contribution in [3.8, 4) is 11.5 Å². The highest BCUT2D eigenvalue weighted by Crippen LogP contribution is 2.23. The van der Waals surface area contributed by atoms with Crippen molar-refractivity contribution < 1.29 is 14.3 Å². The predicted molar refractivity (Wildman–Crippen MR) is 82.3 cm³/mol. The normalized spacial score (nSPS) is 10.8. The first-order chi connectivity index (χ1) is 9.69. The highest BCUT2D eigenvalue weighted by molar-refractivity contribution is 5.93. The van der Waals surface area contributed by atoms with Gasteiger partial charge in [-0.2, -0.15) is 0 Å². The van der Waals surface area contributed by atoms with Gasteiger partial charge in [0, 0.05) is 12.5 Å². The number of hydrogen-bond donors (Lipinski definition) is 0. The van der Waals surface area contributed by atoms with Gasteiger partial charge in [-0.3, -0.25) is 4.79 Å². The van der Waals surface area contributed by atoms with Gasteiger partial charge >= 0.3 is 0 Å². The Labute approximate surface area is 121 Å². The summed E-state index contributed by atoms with van der Waals surface area (Å²) in [7, 11) is 3.22. The van der Waals surface area contributed by atoms with Gasteiger partial charge in [-0.15, -0.1) is 0 Å². The molecule has 3 heteroatoms.